The summed E-state index contributed by atoms with van der Waals surface area (Å²) in [5, 5.41) is 14.1. The maximum absolute atomic E-state index is 9.18. The van der Waals surface area contributed by atoms with Crippen molar-refractivity contribution in [1.82, 2.24) is 0 Å². The number of hydrogen-bond acceptors (Lipinski definition) is 4. The van der Waals surface area contributed by atoms with E-state index in [1.165, 1.54) is 25.7 Å². The summed E-state index contributed by atoms with van der Waals surface area (Å²) in [6.45, 7) is 7.13. The number of rotatable bonds is 5. The minimum Gasteiger partial charge on any atom is -0.487 e. The number of ether oxygens (including phenoxy) is 1. The van der Waals surface area contributed by atoms with Gasteiger partial charge in [0.15, 0.2) is 0 Å². The number of aliphatic hydroxyl groups excluding tert-OH is 2. The second-order valence-corrected chi connectivity index (χ2v) is 3.77. The summed E-state index contributed by atoms with van der Waals surface area (Å²) in [7, 11) is 0. The minimum absolute atomic E-state index is 0.431. The summed E-state index contributed by atoms with van der Waals surface area (Å²) in [6, 6.07) is 0. The van der Waals surface area contributed by atoms with E-state index in [4.69, 9.17) is 10.2 Å². The van der Waals surface area contributed by atoms with Gasteiger partial charge in [-0.05, 0) is 31.4 Å². The second-order valence-electron chi connectivity index (χ2n) is 2.94. The molecule has 116 valence electrons. The smallest absolute Gasteiger partial charge is 0.293 e. The molecule has 0 spiro atoms. The van der Waals surface area contributed by atoms with Gasteiger partial charge in [0.25, 0.3) is 16.8 Å². The van der Waals surface area contributed by atoms with Crippen LogP contribution in [0.1, 0.15) is 46.5 Å². The van der Waals surface area contributed by atoms with Crippen LogP contribution in [0.3, 0.4) is 0 Å². The van der Waals surface area contributed by atoms with Gasteiger partial charge < -0.3 is 26.4 Å². The van der Waals surface area contributed by atoms with Crippen LogP contribution in [0.4, 0.5) is 0 Å². The zero-order valence-corrected chi connectivity index (χ0v) is 13.4. The maximum Gasteiger partial charge on any atom is 0.293 e. The van der Waals surface area contributed by atoms with E-state index >= 15 is 0 Å². The van der Waals surface area contributed by atoms with Crippen molar-refractivity contribution in [1.29, 1.82) is 0 Å². The quantitative estimate of drug-likeness (QED) is 0.347. The number of thiocarbonyl (C=S) groups is 2. The lowest BCUT2D eigenvalue weighted by atomic mass is 10.2. The van der Waals surface area contributed by atoms with Gasteiger partial charge in [0.2, 0.25) is 0 Å². The average molecular weight is 314 g/mol. The molecule has 0 saturated carbocycles. The molecule has 0 saturated heterocycles. The topological polar surface area (TPSA) is 119 Å². The van der Waals surface area contributed by atoms with Crippen molar-refractivity contribution in [2.24, 2.45) is 11.5 Å². The van der Waals surface area contributed by atoms with Crippen molar-refractivity contribution >= 4 is 41.3 Å². The monoisotopic (exact) mass is 314 g/mol. The van der Waals surface area contributed by atoms with Gasteiger partial charge in [-0.25, -0.2) is 0 Å². The van der Waals surface area contributed by atoms with Gasteiger partial charge in [-0.2, -0.15) is 0 Å². The normalized spacial score (nSPS) is 7.11. The number of unbranched alkanes of at least 4 members (excludes halogenated alkanes) is 3. The summed E-state index contributed by atoms with van der Waals surface area (Å²) < 4.78 is 4.15. The molecule has 0 rings (SSSR count). The van der Waals surface area contributed by atoms with E-state index in [1.807, 2.05) is 0 Å². The second kappa shape index (κ2) is 30.1. The predicted molar refractivity (Wildman–Crippen MR) is 86.3 cm³/mol. The number of hydrogen-bond donors (Lipinski definition) is 4. The van der Waals surface area contributed by atoms with Gasteiger partial charge in [0.05, 0.1) is 6.61 Å². The van der Waals surface area contributed by atoms with Gasteiger partial charge in [0.1, 0.15) is 0 Å². The van der Waals surface area contributed by atoms with Crippen LogP contribution < -0.4 is 11.5 Å². The van der Waals surface area contributed by atoms with Crippen molar-refractivity contribution in [3.63, 3.8) is 0 Å². The Bertz CT molecular complexity index is 181. The number of nitrogens with two attached hydrogens (primary N) is 2. The Labute approximate surface area is 126 Å². The van der Waals surface area contributed by atoms with Gasteiger partial charge >= 0.3 is 0 Å². The van der Waals surface area contributed by atoms with Crippen LogP contribution in [-0.2, 0) is 9.53 Å². The molecule has 0 aromatic carbocycles. The Kier molecular flexibility index (Phi) is 41.9. The van der Waals surface area contributed by atoms with Crippen molar-refractivity contribution in [2.75, 3.05) is 6.61 Å². The van der Waals surface area contributed by atoms with E-state index in [0.29, 0.717) is 13.1 Å². The Balaban J connectivity index is -0.0000000803. The summed E-state index contributed by atoms with van der Waals surface area (Å²) >= 11 is 7.74. The van der Waals surface area contributed by atoms with Gasteiger partial charge in [-0.1, -0.05) is 39.5 Å². The van der Waals surface area contributed by atoms with E-state index in [9.17, 15) is 4.79 Å². The zero-order chi connectivity index (χ0) is 16.1. The molecule has 0 unspecified atom stereocenters. The Morgan fingerprint density at radius 3 is 1.37 bits per heavy atom. The number of carbonyl (C=O) groups is 1. The first-order chi connectivity index (χ1) is 8.79. The third-order valence-corrected chi connectivity index (χ3v) is 1.19. The summed E-state index contributed by atoms with van der Waals surface area (Å²) in [5.41, 5.74) is 8.80. The van der Waals surface area contributed by atoms with Crippen LogP contribution >= 0.6 is 24.4 Å². The highest BCUT2D eigenvalue weighted by Crippen LogP contribution is 1.95. The highest BCUT2D eigenvalue weighted by molar-refractivity contribution is 7.80. The lowest BCUT2D eigenvalue weighted by Crippen LogP contribution is -2.03. The summed E-state index contributed by atoms with van der Waals surface area (Å²) in [5.74, 6) is 0. The van der Waals surface area contributed by atoms with Gasteiger partial charge in [0, 0.05) is 0 Å². The van der Waals surface area contributed by atoms with Crippen LogP contribution in [0.15, 0.2) is 0 Å². The molecule has 0 atom stereocenters. The maximum atomic E-state index is 9.18. The minimum atomic E-state index is -0.500. The van der Waals surface area contributed by atoms with E-state index in [-0.39, 0.29) is 0 Å². The highest BCUT2D eigenvalue weighted by Gasteiger charge is 1.75. The van der Waals surface area contributed by atoms with Crippen LogP contribution in [0, 0.1) is 0 Å². The van der Waals surface area contributed by atoms with Crippen molar-refractivity contribution in [2.45, 2.75) is 46.5 Å². The molecule has 0 bridgehead atoms. The first-order valence-electron chi connectivity index (χ1n) is 5.81. The first kappa shape index (κ1) is 26.4. The molecular weight excluding hydrogens is 288 g/mol. The first-order valence-corrected chi connectivity index (χ1v) is 6.63. The molecule has 6 N–H and O–H groups in total. The van der Waals surface area contributed by atoms with Crippen molar-refractivity contribution in [3.05, 3.63) is 0 Å². The van der Waals surface area contributed by atoms with E-state index in [0.717, 1.165) is 0 Å². The third-order valence-electron chi connectivity index (χ3n) is 1.19. The molecule has 6 nitrogen and oxygen atoms in total. The van der Waals surface area contributed by atoms with Gasteiger partial charge in [-0.15, -0.1) is 0 Å². The largest absolute Gasteiger partial charge is 0.487 e. The van der Waals surface area contributed by atoms with Crippen molar-refractivity contribution in [3.8, 4) is 0 Å². The Hall–Kier alpha value is -1.15. The fourth-order valence-electron chi connectivity index (χ4n) is 0.568. The molecule has 0 aromatic rings. The highest BCUT2D eigenvalue weighted by atomic mass is 32.1. The van der Waals surface area contributed by atoms with E-state index < -0.39 is 10.3 Å². The predicted octanol–water partition coefficient (Wildman–Crippen LogP) is 2.34. The lowest BCUT2D eigenvalue weighted by molar-refractivity contribution is -0.128. The Morgan fingerprint density at radius 2 is 1.32 bits per heavy atom. The standard InChI is InChI=1S/C6H14.C3H6O2.2CH3NOS/c1-3-5-6-4-2;1-2-5-3-4;2*2-1(3)4/h3-6H2,1-2H3;3H,2H2,1H3;2*(H3,2,3,4). The van der Waals surface area contributed by atoms with E-state index in [2.05, 4.69) is 54.5 Å². The van der Waals surface area contributed by atoms with Gasteiger partial charge in [-0.3, -0.25) is 4.79 Å². The lowest BCUT2D eigenvalue weighted by Gasteiger charge is -1.86. The third kappa shape index (κ3) is 251. The number of carbonyl (C=O) groups excluding carboxylic acids is 1. The van der Waals surface area contributed by atoms with E-state index in [1.54, 1.807) is 6.92 Å². The summed E-state index contributed by atoms with van der Waals surface area (Å²) in [4.78, 5) is 9.18. The zero-order valence-electron chi connectivity index (χ0n) is 11.8. The molecule has 0 fully saturated rings. The molecule has 8 heteroatoms. The fraction of sp³-hybridized carbons (Fsp3) is 0.727. The molecule has 0 aliphatic carbocycles. The molecule has 0 aromatic heterocycles. The molecule has 0 radical (unpaired) electrons. The van der Waals surface area contributed by atoms with Crippen LogP contribution in [0.2, 0.25) is 0 Å². The summed E-state index contributed by atoms with van der Waals surface area (Å²) in [6.07, 6.45) is 5.54. The molecule has 19 heavy (non-hydrogen) atoms. The molecule has 0 aliphatic rings. The SMILES string of the molecule is CCCCCC.CCOC=O.NC(O)=S.NC(O)=S. The van der Waals surface area contributed by atoms with Crippen molar-refractivity contribution < 1.29 is 19.7 Å². The number of aliphatic hydroxyl groups is 2. The molecule has 0 heterocycles. The Morgan fingerprint density at radius 1 is 1.05 bits per heavy atom. The average Bonchev–Trinajstić information content (AvgIpc) is 2.27. The molecule has 0 amide bonds. The molecule has 0 aliphatic heterocycles. The van der Waals surface area contributed by atoms with Crippen LogP contribution in [-0.4, -0.2) is 33.6 Å². The molecular formula is C11H26N2O4S2. The van der Waals surface area contributed by atoms with Crippen LogP contribution in [0.5, 0.6) is 0 Å². The fourth-order valence-corrected chi connectivity index (χ4v) is 0.568. The van der Waals surface area contributed by atoms with Crippen LogP contribution in [0.25, 0.3) is 0 Å².